The van der Waals surface area contributed by atoms with Crippen molar-refractivity contribution < 1.29 is 19.5 Å². The SMILES string of the molecule is CC1(C)CCCN(C(=O)NC(CC(N)=O)C(=O)O)C1. The van der Waals surface area contributed by atoms with Crippen LogP contribution in [0, 0.1) is 5.41 Å². The first-order chi connectivity index (χ1) is 8.71. The second-order valence-electron chi connectivity index (χ2n) is 5.70. The molecule has 0 spiro atoms. The second kappa shape index (κ2) is 5.90. The fraction of sp³-hybridized carbons (Fsp3) is 0.750. The minimum absolute atomic E-state index is 0.0258. The summed E-state index contributed by atoms with van der Waals surface area (Å²) in [6, 6.07) is -1.73. The van der Waals surface area contributed by atoms with Crippen molar-refractivity contribution in [3.8, 4) is 0 Å². The molecule has 19 heavy (non-hydrogen) atoms. The van der Waals surface area contributed by atoms with Crippen molar-refractivity contribution in [2.24, 2.45) is 11.1 Å². The number of carbonyl (C=O) groups is 3. The van der Waals surface area contributed by atoms with E-state index in [4.69, 9.17) is 10.8 Å². The molecule has 3 amide bonds. The Morgan fingerprint density at radius 1 is 1.42 bits per heavy atom. The van der Waals surface area contributed by atoms with Crippen LogP contribution < -0.4 is 11.1 Å². The molecule has 1 aliphatic rings. The highest BCUT2D eigenvalue weighted by atomic mass is 16.4. The number of primary amides is 1. The van der Waals surface area contributed by atoms with Crippen molar-refractivity contribution in [1.82, 2.24) is 10.2 Å². The molecule has 0 aromatic heterocycles. The van der Waals surface area contributed by atoms with Crippen molar-refractivity contribution in [2.75, 3.05) is 13.1 Å². The number of hydrogen-bond donors (Lipinski definition) is 3. The Morgan fingerprint density at radius 3 is 2.53 bits per heavy atom. The first kappa shape index (κ1) is 15.3. The number of amides is 3. The van der Waals surface area contributed by atoms with E-state index in [1.54, 1.807) is 4.90 Å². The summed E-state index contributed by atoms with van der Waals surface area (Å²) in [6.07, 6.45) is 1.51. The monoisotopic (exact) mass is 271 g/mol. The molecule has 0 bridgehead atoms. The van der Waals surface area contributed by atoms with E-state index in [1.165, 1.54) is 0 Å². The maximum absolute atomic E-state index is 12.0. The number of piperidine rings is 1. The lowest BCUT2D eigenvalue weighted by Gasteiger charge is -2.38. The van der Waals surface area contributed by atoms with Gasteiger partial charge in [-0.05, 0) is 18.3 Å². The maximum Gasteiger partial charge on any atom is 0.326 e. The van der Waals surface area contributed by atoms with Gasteiger partial charge in [-0.15, -0.1) is 0 Å². The molecule has 1 aliphatic heterocycles. The van der Waals surface area contributed by atoms with Gasteiger partial charge in [0.05, 0.1) is 6.42 Å². The number of nitrogens with two attached hydrogens (primary N) is 1. The third-order valence-corrected chi connectivity index (χ3v) is 3.19. The Labute approximate surface area is 112 Å². The normalized spacial score (nSPS) is 19.6. The molecule has 1 rings (SSSR count). The van der Waals surface area contributed by atoms with Crippen LogP contribution in [-0.2, 0) is 9.59 Å². The summed E-state index contributed by atoms with van der Waals surface area (Å²) < 4.78 is 0. The molecule has 1 fully saturated rings. The van der Waals surface area contributed by atoms with E-state index >= 15 is 0 Å². The summed E-state index contributed by atoms with van der Waals surface area (Å²) in [6.45, 7) is 5.29. The summed E-state index contributed by atoms with van der Waals surface area (Å²) in [7, 11) is 0. The number of nitrogens with zero attached hydrogens (tertiary/aromatic N) is 1. The minimum atomic E-state index is -1.27. The summed E-state index contributed by atoms with van der Waals surface area (Å²) >= 11 is 0. The first-order valence-corrected chi connectivity index (χ1v) is 6.28. The molecule has 0 saturated carbocycles. The van der Waals surface area contributed by atoms with Gasteiger partial charge in [0, 0.05) is 13.1 Å². The molecule has 1 atom stereocenters. The van der Waals surface area contributed by atoms with Crippen molar-refractivity contribution in [2.45, 2.75) is 39.2 Å². The number of carboxylic acids is 1. The number of carbonyl (C=O) groups excluding carboxylic acids is 2. The predicted octanol–water partition coefficient (Wildman–Crippen LogP) is 0.147. The summed E-state index contributed by atoms with van der Waals surface area (Å²) in [5, 5.41) is 11.3. The van der Waals surface area contributed by atoms with E-state index in [2.05, 4.69) is 19.2 Å². The Hall–Kier alpha value is -1.79. The van der Waals surface area contributed by atoms with E-state index in [9.17, 15) is 14.4 Å². The molecule has 4 N–H and O–H groups in total. The van der Waals surface area contributed by atoms with Crippen LogP contribution in [0.15, 0.2) is 0 Å². The van der Waals surface area contributed by atoms with Gasteiger partial charge < -0.3 is 21.1 Å². The average molecular weight is 271 g/mol. The van der Waals surface area contributed by atoms with Gasteiger partial charge in [-0.2, -0.15) is 0 Å². The lowest BCUT2D eigenvalue weighted by Crippen LogP contribution is -2.53. The summed E-state index contributed by atoms with van der Waals surface area (Å²) in [5.41, 5.74) is 4.99. The van der Waals surface area contributed by atoms with Crippen molar-refractivity contribution in [3.05, 3.63) is 0 Å². The molecule has 1 unspecified atom stereocenters. The number of nitrogens with one attached hydrogen (secondary N) is 1. The minimum Gasteiger partial charge on any atom is -0.480 e. The number of hydrogen-bond acceptors (Lipinski definition) is 3. The summed E-state index contributed by atoms with van der Waals surface area (Å²) in [5.74, 6) is -2.02. The summed E-state index contributed by atoms with van der Waals surface area (Å²) in [4.78, 5) is 35.3. The van der Waals surface area contributed by atoms with Gasteiger partial charge in [-0.25, -0.2) is 9.59 Å². The Kier molecular flexibility index (Phi) is 4.74. The number of rotatable bonds is 4. The molecule has 0 aromatic carbocycles. The van der Waals surface area contributed by atoms with Crippen LogP contribution >= 0.6 is 0 Å². The van der Waals surface area contributed by atoms with Crippen molar-refractivity contribution >= 4 is 17.9 Å². The van der Waals surface area contributed by atoms with Crippen molar-refractivity contribution in [1.29, 1.82) is 0 Å². The molecular weight excluding hydrogens is 250 g/mol. The topological polar surface area (TPSA) is 113 Å². The van der Waals surface area contributed by atoms with E-state index in [0.717, 1.165) is 12.8 Å². The molecule has 7 heteroatoms. The Morgan fingerprint density at radius 2 is 2.05 bits per heavy atom. The zero-order valence-electron chi connectivity index (χ0n) is 11.3. The number of urea groups is 1. The maximum atomic E-state index is 12.0. The molecular formula is C12H21N3O4. The fourth-order valence-electron chi connectivity index (χ4n) is 2.24. The van der Waals surface area contributed by atoms with E-state index in [1.807, 2.05) is 0 Å². The lowest BCUT2D eigenvalue weighted by atomic mass is 9.84. The van der Waals surface area contributed by atoms with Crippen LogP contribution in [0.2, 0.25) is 0 Å². The van der Waals surface area contributed by atoms with E-state index in [0.29, 0.717) is 13.1 Å². The largest absolute Gasteiger partial charge is 0.480 e. The molecule has 108 valence electrons. The van der Waals surface area contributed by atoms with Gasteiger partial charge in [0.2, 0.25) is 5.91 Å². The average Bonchev–Trinajstić information content (AvgIpc) is 2.25. The van der Waals surface area contributed by atoms with E-state index < -0.39 is 30.4 Å². The Bertz CT molecular complexity index is 381. The zero-order chi connectivity index (χ0) is 14.6. The molecule has 0 radical (unpaired) electrons. The van der Waals surface area contributed by atoms with Gasteiger partial charge >= 0.3 is 12.0 Å². The van der Waals surface area contributed by atoms with Crippen LogP contribution in [0.1, 0.15) is 33.1 Å². The fourth-order valence-corrected chi connectivity index (χ4v) is 2.24. The standard InChI is InChI=1S/C12H21N3O4/c1-12(2)4-3-5-15(7-12)11(19)14-8(10(17)18)6-9(13)16/h8H,3-7H2,1-2H3,(H2,13,16)(H,14,19)(H,17,18). The van der Waals surface area contributed by atoms with Crippen molar-refractivity contribution in [3.63, 3.8) is 0 Å². The first-order valence-electron chi connectivity index (χ1n) is 6.28. The zero-order valence-corrected chi connectivity index (χ0v) is 11.3. The highest BCUT2D eigenvalue weighted by Crippen LogP contribution is 2.28. The number of likely N-dealkylation sites (tertiary alicyclic amines) is 1. The molecule has 1 saturated heterocycles. The highest BCUT2D eigenvalue weighted by Gasteiger charge is 2.31. The molecule has 0 aromatic rings. The Balaban J connectivity index is 2.61. The van der Waals surface area contributed by atoms with Crippen LogP contribution in [0.4, 0.5) is 4.79 Å². The third-order valence-electron chi connectivity index (χ3n) is 3.19. The smallest absolute Gasteiger partial charge is 0.326 e. The van der Waals surface area contributed by atoms with Gasteiger partial charge in [0.1, 0.15) is 6.04 Å². The molecule has 1 heterocycles. The molecule has 0 aliphatic carbocycles. The quantitative estimate of drug-likeness (QED) is 0.675. The molecule has 7 nitrogen and oxygen atoms in total. The number of aliphatic carboxylic acids is 1. The highest BCUT2D eigenvalue weighted by molar-refractivity contribution is 5.87. The van der Waals surface area contributed by atoms with Gasteiger partial charge in [-0.1, -0.05) is 13.8 Å². The third kappa shape index (κ3) is 4.76. The van der Waals surface area contributed by atoms with Crippen LogP contribution in [0.25, 0.3) is 0 Å². The van der Waals surface area contributed by atoms with Gasteiger partial charge in [0.15, 0.2) is 0 Å². The van der Waals surface area contributed by atoms with E-state index in [-0.39, 0.29) is 5.41 Å². The van der Waals surface area contributed by atoms with Crippen LogP contribution in [0.5, 0.6) is 0 Å². The number of carboxylic acid groups (broad SMARTS) is 1. The van der Waals surface area contributed by atoms with Crippen LogP contribution in [-0.4, -0.2) is 47.0 Å². The van der Waals surface area contributed by atoms with Gasteiger partial charge in [0.25, 0.3) is 0 Å². The predicted molar refractivity (Wildman–Crippen MR) is 68.4 cm³/mol. The van der Waals surface area contributed by atoms with Crippen LogP contribution in [0.3, 0.4) is 0 Å². The second-order valence-corrected chi connectivity index (χ2v) is 5.70. The van der Waals surface area contributed by atoms with Gasteiger partial charge in [-0.3, -0.25) is 4.79 Å². The lowest BCUT2D eigenvalue weighted by molar-refractivity contribution is -0.141.